The molecule has 1 aliphatic heterocycles. The summed E-state index contributed by atoms with van der Waals surface area (Å²) in [5.41, 5.74) is 1.20. The van der Waals surface area contributed by atoms with Gasteiger partial charge in [0.25, 0.3) is 0 Å². The summed E-state index contributed by atoms with van der Waals surface area (Å²) in [7, 11) is 0. The number of carbonyl (C=O) groups is 1. The van der Waals surface area contributed by atoms with E-state index in [2.05, 4.69) is 11.0 Å². The number of pyridine rings is 1. The number of ether oxygens (including phenoxy) is 1. The molecular weight excluding hydrogens is 304 g/mol. The van der Waals surface area contributed by atoms with Crippen molar-refractivity contribution in [1.29, 1.82) is 5.26 Å². The van der Waals surface area contributed by atoms with E-state index in [0.717, 1.165) is 11.5 Å². The molecule has 24 heavy (non-hydrogen) atoms. The number of hydrogen-bond acceptors (Lipinski definition) is 5. The van der Waals surface area contributed by atoms with Crippen molar-refractivity contribution < 1.29 is 9.53 Å². The van der Waals surface area contributed by atoms with Gasteiger partial charge in [0.2, 0.25) is 0 Å². The predicted octanol–water partition coefficient (Wildman–Crippen LogP) is 2.89. The fourth-order valence-electron chi connectivity index (χ4n) is 2.83. The van der Waals surface area contributed by atoms with Crippen LogP contribution >= 0.6 is 0 Å². The van der Waals surface area contributed by atoms with Gasteiger partial charge in [-0.3, -0.25) is 0 Å². The first-order valence-electron chi connectivity index (χ1n) is 8.51. The molecule has 0 atom stereocenters. The van der Waals surface area contributed by atoms with E-state index in [4.69, 9.17) is 9.72 Å². The molecule has 0 bridgehead atoms. The Hall–Kier alpha value is -2.29. The zero-order chi connectivity index (χ0) is 17.3. The first kappa shape index (κ1) is 16.6. The Morgan fingerprint density at radius 2 is 1.92 bits per heavy atom. The van der Waals surface area contributed by atoms with Crippen molar-refractivity contribution in [2.75, 3.05) is 31.1 Å². The molecule has 1 aromatic heterocycles. The van der Waals surface area contributed by atoms with E-state index < -0.39 is 5.60 Å². The van der Waals surface area contributed by atoms with Crippen molar-refractivity contribution in [3.05, 3.63) is 23.4 Å². The minimum absolute atomic E-state index is 0.276. The first-order chi connectivity index (χ1) is 11.4. The maximum atomic E-state index is 12.1. The standard InChI is InChI=1S/C18H24N4O2/c1-18(2,3)24-17(23)22-10-8-21(9-11-22)16-14(12-19)6-7-15(20-16)13-4-5-13/h6-7,13H,4-5,8-11H2,1-3H3. The molecule has 1 saturated heterocycles. The second-order valence-electron chi connectivity index (χ2n) is 7.45. The van der Waals surface area contributed by atoms with E-state index in [-0.39, 0.29) is 6.09 Å². The smallest absolute Gasteiger partial charge is 0.410 e. The van der Waals surface area contributed by atoms with E-state index in [1.165, 1.54) is 12.8 Å². The van der Waals surface area contributed by atoms with E-state index >= 15 is 0 Å². The number of anilines is 1. The van der Waals surface area contributed by atoms with Crippen LogP contribution in [0.4, 0.5) is 10.6 Å². The summed E-state index contributed by atoms with van der Waals surface area (Å²) in [6, 6.07) is 6.08. The number of hydrogen-bond donors (Lipinski definition) is 0. The molecule has 0 spiro atoms. The lowest BCUT2D eigenvalue weighted by molar-refractivity contribution is 0.0240. The summed E-state index contributed by atoms with van der Waals surface area (Å²) in [5.74, 6) is 1.31. The van der Waals surface area contributed by atoms with Crippen LogP contribution in [0.1, 0.15) is 50.8 Å². The topological polar surface area (TPSA) is 69.5 Å². The van der Waals surface area contributed by atoms with Gasteiger partial charge in [0.1, 0.15) is 17.5 Å². The Balaban J connectivity index is 1.67. The monoisotopic (exact) mass is 328 g/mol. The van der Waals surface area contributed by atoms with Crippen LogP contribution in [0.5, 0.6) is 0 Å². The maximum Gasteiger partial charge on any atom is 0.410 e. The van der Waals surface area contributed by atoms with Gasteiger partial charge in [-0.2, -0.15) is 5.26 Å². The molecule has 1 saturated carbocycles. The lowest BCUT2D eigenvalue weighted by Crippen LogP contribution is -2.50. The second-order valence-corrected chi connectivity index (χ2v) is 7.45. The highest BCUT2D eigenvalue weighted by molar-refractivity contribution is 5.68. The largest absolute Gasteiger partial charge is 0.444 e. The third kappa shape index (κ3) is 3.78. The summed E-state index contributed by atoms with van der Waals surface area (Å²) in [6.45, 7) is 8.09. The van der Waals surface area contributed by atoms with E-state index in [1.54, 1.807) is 4.90 Å². The molecule has 1 aliphatic carbocycles. The average Bonchev–Trinajstić information content (AvgIpc) is 3.38. The molecule has 0 radical (unpaired) electrons. The normalized spacial score (nSPS) is 18.2. The molecule has 6 nitrogen and oxygen atoms in total. The number of piperazine rings is 1. The third-order valence-electron chi connectivity index (χ3n) is 4.24. The molecular formula is C18H24N4O2. The molecule has 0 aromatic carbocycles. The highest BCUT2D eigenvalue weighted by atomic mass is 16.6. The highest BCUT2D eigenvalue weighted by Crippen LogP contribution is 2.40. The van der Waals surface area contributed by atoms with Gasteiger partial charge in [-0.05, 0) is 45.7 Å². The molecule has 2 aliphatic rings. The fraction of sp³-hybridized carbons (Fsp3) is 0.611. The number of carbonyl (C=O) groups excluding carboxylic acids is 1. The SMILES string of the molecule is CC(C)(C)OC(=O)N1CCN(c2nc(C3CC3)ccc2C#N)CC1. The molecule has 1 amide bonds. The molecule has 2 fully saturated rings. The molecule has 0 unspecified atom stereocenters. The molecule has 0 N–H and O–H groups in total. The molecule has 128 valence electrons. The molecule has 1 aromatic rings. The lowest BCUT2D eigenvalue weighted by Gasteiger charge is -2.36. The van der Waals surface area contributed by atoms with Crippen molar-refractivity contribution in [2.24, 2.45) is 0 Å². The zero-order valence-electron chi connectivity index (χ0n) is 14.6. The molecule has 2 heterocycles. The third-order valence-corrected chi connectivity index (χ3v) is 4.24. The van der Waals surface area contributed by atoms with Crippen LogP contribution in [-0.4, -0.2) is 47.8 Å². The lowest BCUT2D eigenvalue weighted by atomic mass is 10.2. The minimum atomic E-state index is -0.484. The van der Waals surface area contributed by atoms with Crippen LogP contribution in [0.25, 0.3) is 0 Å². The van der Waals surface area contributed by atoms with Gasteiger partial charge in [-0.1, -0.05) is 0 Å². The van der Waals surface area contributed by atoms with Gasteiger partial charge in [0.05, 0.1) is 5.56 Å². The van der Waals surface area contributed by atoms with Crippen molar-refractivity contribution in [1.82, 2.24) is 9.88 Å². The number of amides is 1. The Morgan fingerprint density at radius 1 is 1.25 bits per heavy atom. The Morgan fingerprint density at radius 3 is 2.46 bits per heavy atom. The highest BCUT2D eigenvalue weighted by Gasteiger charge is 2.29. The quantitative estimate of drug-likeness (QED) is 0.835. The maximum absolute atomic E-state index is 12.1. The van der Waals surface area contributed by atoms with Crippen LogP contribution in [0, 0.1) is 11.3 Å². The van der Waals surface area contributed by atoms with Crippen molar-refractivity contribution in [3.63, 3.8) is 0 Å². The van der Waals surface area contributed by atoms with Crippen molar-refractivity contribution in [2.45, 2.75) is 45.1 Å². The van der Waals surface area contributed by atoms with Crippen molar-refractivity contribution in [3.8, 4) is 6.07 Å². The summed E-state index contributed by atoms with van der Waals surface area (Å²) >= 11 is 0. The summed E-state index contributed by atoms with van der Waals surface area (Å²) in [5, 5.41) is 9.36. The van der Waals surface area contributed by atoms with E-state index in [9.17, 15) is 10.1 Å². The number of rotatable bonds is 2. The van der Waals surface area contributed by atoms with Crippen LogP contribution in [0.15, 0.2) is 12.1 Å². The van der Waals surface area contributed by atoms with Gasteiger partial charge in [-0.15, -0.1) is 0 Å². The Bertz CT molecular complexity index is 663. The van der Waals surface area contributed by atoms with Gasteiger partial charge in [-0.25, -0.2) is 9.78 Å². The number of nitriles is 1. The first-order valence-corrected chi connectivity index (χ1v) is 8.51. The van der Waals surface area contributed by atoms with Gasteiger partial charge < -0.3 is 14.5 Å². The number of aromatic nitrogens is 1. The van der Waals surface area contributed by atoms with Crippen molar-refractivity contribution >= 4 is 11.9 Å². The molecule has 3 rings (SSSR count). The van der Waals surface area contributed by atoms with Gasteiger partial charge >= 0.3 is 6.09 Å². The average molecular weight is 328 g/mol. The second kappa shape index (κ2) is 6.31. The Labute approximate surface area is 143 Å². The zero-order valence-corrected chi connectivity index (χ0v) is 14.6. The van der Waals surface area contributed by atoms with E-state index in [0.29, 0.717) is 37.7 Å². The molecule has 6 heteroatoms. The van der Waals surface area contributed by atoms with Crippen LogP contribution < -0.4 is 4.90 Å². The van der Waals surface area contributed by atoms with Gasteiger partial charge in [0.15, 0.2) is 0 Å². The number of nitrogens with zero attached hydrogens (tertiary/aromatic N) is 4. The van der Waals surface area contributed by atoms with E-state index in [1.807, 2.05) is 32.9 Å². The summed E-state index contributed by atoms with van der Waals surface area (Å²) in [6.07, 6.45) is 2.09. The minimum Gasteiger partial charge on any atom is -0.444 e. The fourth-order valence-corrected chi connectivity index (χ4v) is 2.83. The van der Waals surface area contributed by atoms with Crippen LogP contribution in [-0.2, 0) is 4.74 Å². The predicted molar refractivity (Wildman–Crippen MR) is 90.9 cm³/mol. The van der Waals surface area contributed by atoms with Gasteiger partial charge in [0, 0.05) is 37.8 Å². The summed E-state index contributed by atoms with van der Waals surface area (Å²) < 4.78 is 5.42. The summed E-state index contributed by atoms with van der Waals surface area (Å²) in [4.78, 5) is 20.7. The van der Waals surface area contributed by atoms with Crippen LogP contribution in [0.2, 0.25) is 0 Å². The van der Waals surface area contributed by atoms with Crippen LogP contribution in [0.3, 0.4) is 0 Å². The Kier molecular flexibility index (Phi) is 4.35.